The molecule has 1 aromatic rings. The zero-order valence-electron chi connectivity index (χ0n) is 11.9. The highest BCUT2D eigenvalue weighted by molar-refractivity contribution is 7.94. The second kappa shape index (κ2) is 6.81. The molecule has 4 nitrogen and oxygen atoms in total. The molecule has 2 atom stereocenters. The third-order valence-electron chi connectivity index (χ3n) is 3.13. The first-order valence-electron chi connectivity index (χ1n) is 6.46. The van der Waals surface area contributed by atoms with Gasteiger partial charge in [-0.3, -0.25) is 4.79 Å². The number of sulfone groups is 1. The van der Waals surface area contributed by atoms with E-state index in [1.54, 1.807) is 39.0 Å². The molecular formula is C15H20O4S. The van der Waals surface area contributed by atoms with Crippen molar-refractivity contribution in [2.45, 2.75) is 31.8 Å². The molecule has 0 amide bonds. The van der Waals surface area contributed by atoms with Gasteiger partial charge in [0.1, 0.15) is 0 Å². The fourth-order valence-electron chi connectivity index (χ4n) is 1.74. The maximum atomic E-state index is 12.0. The Balaban J connectivity index is 2.85. The topological polar surface area (TPSA) is 71.4 Å². The molecule has 1 N–H and O–H groups in total. The molecule has 5 heteroatoms. The van der Waals surface area contributed by atoms with Crippen molar-refractivity contribution in [3.8, 4) is 0 Å². The zero-order valence-corrected chi connectivity index (χ0v) is 12.7. The minimum atomic E-state index is -3.62. The number of ketones is 1. The number of hydrogen-bond acceptors (Lipinski definition) is 4. The molecule has 0 bridgehead atoms. The van der Waals surface area contributed by atoms with E-state index < -0.39 is 27.6 Å². The van der Waals surface area contributed by atoms with Crippen LogP contribution in [-0.2, 0) is 14.6 Å². The summed E-state index contributed by atoms with van der Waals surface area (Å²) in [6, 6.07) is 7.89. The minimum absolute atomic E-state index is 0.0620. The van der Waals surface area contributed by atoms with Gasteiger partial charge in [0.2, 0.25) is 0 Å². The largest absolute Gasteiger partial charge is 0.392 e. The number of carbonyl (C=O) groups excluding carboxylic acids is 1. The lowest BCUT2D eigenvalue weighted by Crippen LogP contribution is -2.29. The Kier molecular flexibility index (Phi) is 5.65. The van der Waals surface area contributed by atoms with Gasteiger partial charge in [-0.2, -0.15) is 0 Å². The third kappa shape index (κ3) is 4.28. The Morgan fingerprint density at radius 3 is 2.20 bits per heavy atom. The van der Waals surface area contributed by atoms with Crippen molar-refractivity contribution in [1.82, 2.24) is 0 Å². The maximum Gasteiger partial charge on any atom is 0.199 e. The van der Waals surface area contributed by atoms with E-state index in [1.807, 2.05) is 0 Å². The van der Waals surface area contributed by atoms with Gasteiger partial charge in [-0.25, -0.2) is 8.42 Å². The van der Waals surface area contributed by atoms with Crippen LogP contribution in [0.1, 0.15) is 20.8 Å². The predicted octanol–water partition coefficient (Wildman–Crippen LogP) is 2.20. The summed E-state index contributed by atoms with van der Waals surface area (Å²) >= 11 is 0. The minimum Gasteiger partial charge on any atom is -0.392 e. The van der Waals surface area contributed by atoms with E-state index in [1.165, 1.54) is 12.1 Å². The average Bonchev–Trinajstić information content (AvgIpc) is 2.44. The molecule has 0 unspecified atom stereocenters. The van der Waals surface area contributed by atoms with Gasteiger partial charge >= 0.3 is 0 Å². The van der Waals surface area contributed by atoms with Gasteiger partial charge < -0.3 is 5.11 Å². The van der Waals surface area contributed by atoms with Crippen molar-refractivity contribution < 1.29 is 18.3 Å². The van der Waals surface area contributed by atoms with Crippen molar-refractivity contribution in [2.75, 3.05) is 0 Å². The number of aliphatic hydroxyl groups excluding tert-OH is 1. The molecule has 0 radical (unpaired) electrons. The van der Waals surface area contributed by atoms with E-state index >= 15 is 0 Å². The summed E-state index contributed by atoms with van der Waals surface area (Å²) < 4.78 is 23.9. The molecule has 110 valence electrons. The highest BCUT2D eigenvalue weighted by Gasteiger charge is 2.23. The maximum absolute atomic E-state index is 12.0. The summed E-state index contributed by atoms with van der Waals surface area (Å²) in [5, 5.41) is 10.7. The fourth-order valence-corrected chi connectivity index (χ4v) is 2.75. The standard InChI is InChI=1S/C15H20O4S/c1-11(2)15(17)12(3)14(16)9-10-20(18,19)13-7-5-4-6-8-13/h4-12,15,17H,1-3H3/b10-9+/t12-,15-/m0/s1. The number of allylic oxidation sites excluding steroid dienone is 1. The van der Waals surface area contributed by atoms with Crippen molar-refractivity contribution in [1.29, 1.82) is 0 Å². The number of benzene rings is 1. The molecule has 0 saturated heterocycles. The van der Waals surface area contributed by atoms with Crippen LogP contribution in [0.4, 0.5) is 0 Å². The van der Waals surface area contributed by atoms with Crippen LogP contribution in [0.3, 0.4) is 0 Å². The third-order valence-corrected chi connectivity index (χ3v) is 4.55. The normalized spacial score (nSPS) is 15.4. The molecule has 0 aromatic heterocycles. The van der Waals surface area contributed by atoms with Gasteiger partial charge in [0.25, 0.3) is 0 Å². The van der Waals surface area contributed by atoms with Crippen molar-refractivity contribution in [3.63, 3.8) is 0 Å². The summed E-state index contributed by atoms with van der Waals surface area (Å²) in [4.78, 5) is 12.0. The summed E-state index contributed by atoms with van der Waals surface area (Å²) in [6.07, 6.45) is 0.241. The Morgan fingerprint density at radius 2 is 1.70 bits per heavy atom. The van der Waals surface area contributed by atoms with Gasteiger partial charge in [0.05, 0.1) is 11.0 Å². The molecule has 0 aliphatic rings. The van der Waals surface area contributed by atoms with Crippen LogP contribution in [0, 0.1) is 11.8 Å². The molecule has 1 aromatic carbocycles. The van der Waals surface area contributed by atoms with Gasteiger partial charge in [-0.15, -0.1) is 0 Å². The first-order chi connectivity index (χ1) is 9.25. The molecule has 0 aliphatic carbocycles. The van der Waals surface area contributed by atoms with E-state index in [0.717, 1.165) is 11.5 Å². The predicted molar refractivity (Wildman–Crippen MR) is 77.8 cm³/mol. The lowest BCUT2D eigenvalue weighted by Gasteiger charge is -2.19. The molecule has 1 rings (SSSR count). The van der Waals surface area contributed by atoms with E-state index in [2.05, 4.69) is 0 Å². The van der Waals surface area contributed by atoms with E-state index in [4.69, 9.17) is 0 Å². The SMILES string of the molecule is CC(C)[C@H](O)[C@@H](C)C(=O)/C=C/S(=O)(=O)c1ccccc1. The van der Waals surface area contributed by atoms with Gasteiger partial charge in [0.15, 0.2) is 15.6 Å². The molecule has 0 saturated carbocycles. The Bertz CT molecular complexity index is 573. The Hall–Kier alpha value is -1.46. The molecule has 0 spiro atoms. The lowest BCUT2D eigenvalue weighted by molar-refractivity contribution is -0.121. The van der Waals surface area contributed by atoms with Crippen LogP contribution in [0.15, 0.2) is 46.7 Å². The van der Waals surface area contributed by atoms with E-state index in [-0.39, 0.29) is 10.8 Å². The molecular weight excluding hydrogens is 276 g/mol. The smallest absolute Gasteiger partial charge is 0.199 e. The van der Waals surface area contributed by atoms with Gasteiger partial charge in [0, 0.05) is 11.3 Å². The second-order valence-corrected chi connectivity index (χ2v) is 6.92. The van der Waals surface area contributed by atoms with E-state index in [9.17, 15) is 18.3 Å². The van der Waals surface area contributed by atoms with Crippen LogP contribution in [0.2, 0.25) is 0 Å². The molecule has 0 heterocycles. The molecule has 20 heavy (non-hydrogen) atoms. The summed E-state index contributed by atoms with van der Waals surface area (Å²) in [5.41, 5.74) is 0. The van der Waals surface area contributed by atoms with Gasteiger partial charge in [-0.05, 0) is 24.1 Å². The van der Waals surface area contributed by atoms with Crippen LogP contribution in [0.5, 0.6) is 0 Å². The van der Waals surface area contributed by atoms with Crippen LogP contribution in [0.25, 0.3) is 0 Å². The second-order valence-electron chi connectivity index (χ2n) is 5.09. The van der Waals surface area contributed by atoms with Crippen molar-refractivity contribution >= 4 is 15.6 Å². The summed E-state index contributed by atoms with van der Waals surface area (Å²) in [6.45, 7) is 5.20. The first kappa shape index (κ1) is 16.6. The highest BCUT2D eigenvalue weighted by atomic mass is 32.2. The van der Waals surface area contributed by atoms with Crippen LogP contribution < -0.4 is 0 Å². The van der Waals surface area contributed by atoms with Crippen molar-refractivity contribution in [3.05, 3.63) is 41.8 Å². The molecule has 0 fully saturated rings. The monoisotopic (exact) mass is 296 g/mol. The number of rotatable bonds is 6. The Morgan fingerprint density at radius 1 is 1.15 bits per heavy atom. The first-order valence-corrected chi connectivity index (χ1v) is 8.00. The van der Waals surface area contributed by atoms with E-state index in [0.29, 0.717) is 0 Å². The van der Waals surface area contributed by atoms with Crippen LogP contribution >= 0.6 is 0 Å². The molecule has 0 aliphatic heterocycles. The van der Waals surface area contributed by atoms with Gasteiger partial charge in [-0.1, -0.05) is 39.0 Å². The van der Waals surface area contributed by atoms with Crippen LogP contribution in [-0.4, -0.2) is 25.4 Å². The zero-order chi connectivity index (χ0) is 15.3. The lowest BCUT2D eigenvalue weighted by atomic mass is 9.91. The van der Waals surface area contributed by atoms with Crippen molar-refractivity contribution in [2.24, 2.45) is 11.8 Å². The average molecular weight is 296 g/mol. The fraction of sp³-hybridized carbons (Fsp3) is 0.400. The summed E-state index contributed by atoms with van der Waals surface area (Å²) in [5.74, 6) is -1.09. The number of hydrogen-bond donors (Lipinski definition) is 1. The summed E-state index contributed by atoms with van der Waals surface area (Å²) in [7, 11) is -3.62. The highest BCUT2D eigenvalue weighted by Crippen LogP contribution is 2.16. The Labute approximate surface area is 120 Å². The number of aliphatic hydroxyl groups is 1. The quantitative estimate of drug-likeness (QED) is 0.817. The number of carbonyl (C=O) groups is 1.